The average Bonchev–Trinajstić information content (AvgIpc) is 2.72. The van der Waals surface area contributed by atoms with Crippen molar-refractivity contribution < 1.29 is 13.2 Å². The summed E-state index contributed by atoms with van der Waals surface area (Å²) in [5.74, 6) is -3.83. The van der Waals surface area contributed by atoms with Gasteiger partial charge in [-0.1, -0.05) is 0 Å². The molecule has 0 spiro atoms. The molecule has 0 bridgehead atoms. The molecule has 0 unspecified atom stereocenters. The van der Waals surface area contributed by atoms with Crippen LogP contribution in [0, 0.1) is 17.5 Å². The van der Waals surface area contributed by atoms with E-state index in [2.05, 4.69) is 14.7 Å². The van der Waals surface area contributed by atoms with Gasteiger partial charge >= 0.3 is 0 Å². The van der Waals surface area contributed by atoms with Crippen LogP contribution in [0.15, 0.2) is 12.1 Å². The summed E-state index contributed by atoms with van der Waals surface area (Å²) in [6, 6.07) is 1.92. The maximum absolute atomic E-state index is 13.1. The van der Waals surface area contributed by atoms with Gasteiger partial charge in [-0.2, -0.15) is 9.36 Å². The highest BCUT2D eigenvalue weighted by Gasteiger charge is 2.14. The molecule has 0 fully saturated rings. The Morgan fingerprint density at radius 1 is 1.17 bits per heavy atom. The summed E-state index contributed by atoms with van der Waals surface area (Å²) >= 11 is 1.08. The molecule has 1 aromatic heterocycles. The van der Waals surface area contributed by atoms with E-state index in [1.807, 2.05) is 13.8 Å². The third kappa shape index (κ3) is 2.61. The van der Waals surface area contributed by atoms with Gasteiger partial charge in [-0.3, -0.25) is 0 Å². The first-order chi connectivity index (χ1) is 8.47. The highest BCUT2D eigenvalue weighted by molar-refractivity contribution is 7.09. The summed E-state index contributed by atoms with van der Waals surface area (Å²) < 4.78 is 42.9. The molecule has 0 amide bonds. The van der Waals surface area contributed by atoms with Gasteiger partial charge < -0.3 is 5.32 Å². The zero-order valence-corrected chi connectivity index (χ0v) is 10.5. The molecule has 1 heterocycles. The van der Waals surface area contributed by atoms with Gasteiger partial charge in [0.05, 0.1) is 0 Å². The Bertz CT molecular complexity index is 545. The molecule has 2 rings (SSSR count). The number of halogens is 3. The van der Waals surface area contributed by atoms with Crippen LogP contribution < -0.4 is 5.32 Å². The van der Waals surface area contributed by atoms with E-state index in [9.17, 15) is 13.2 Å². The first-order valence-corrected chi connectivity index (χ1v) is 6.00. The van der Waals surface area contributed by atoms with E-state index < -0.39 is 17.5 Å². The SMILES string of the molecule is CC(C)Nc1nc(-c2cc(F)c(F)c(F)c2)ns1. The van der Waals surface area contributed by atoms with Gasteiger partial charge in [0.25, 0.3) is 0 Å². The van der Waals surface area contributed by atoms with Crippen molar-refractivity contribution in [2.24, 2.45) is 0 Å². The Morgan fingerprint density at radius 2 is 1.78 bits per heavy atom. The van der Waals surface area contributed by atoms with Crippen molar-refractivity contribution in [1.29, 1.82) is 0 Å². The van der Waals surface area contributed by atoms with Gasteiger partial charge in [0, 0.05) is 23.1 Å². The first kappa shape index (κ1) is 12.8. The average molecular weight is 273 g/mol. The van der Waals surface area contributed by atoms with Crippen LogP contribution >= 0.6 is 11.5 Å². The molecule has 0 radical (unpaired) electrons. The maximum atomic E-state index is 13.1. The summed E-state index contributed by atoms with van der Waals surface area (Å²) in [5, 5.41) is 3.57. The number of hydrogen-bond donors (Lipinski definition) is 1. The number of aromatic nitrogens is 2. The Morgan fingerprint density at radius 3 is 2.33 bits per heavy atom. The van der Waals surface area contributed by atoms with E-state index in [0.717, 1.165) is 23.7 Å². The zero-order valence-electron chi connectivity index (χ0n) is 9.67. The lowest BCUT2D eigenvalue weighted by atomic mass is 10.2. The highest BCUT2D eigenvalue weighted by atomic mass is 32.1. The van der Waals surface area contributed by atoms with Crippen LogP contribution in [0.25, 0.3) is 11.4 Å². The summed E-state index contributed by atoms with van der Waals surface area (Å²) in [5.41, 5.74) is 0.111. The second-order valence-corrected chi connectivity index (χ2v) is 4.73. The van der Waals surface area contributed by atoms with Crippen molar-refractivity contribution in [1.82, 2.24) is 9.36 Å². The Labute approximate surface area is 106 Å². The van der Waals surface area contributed by atoms with Crippen LogP contribution in [0.2, 0.25) is 0 Å². The summed E-state index contributed by atoms with van der Waals surface area (Å²) in [6.07, 6.45) is 0. The molecule has 0 aliphatic heterocycles. The summed E-state index contributed by atoms with van der Waals surface area (Å²) in [4.78, 5) is 4.07. The van der Waals surface area contributed by atoms with Crippen molar-refractivity contribution in [2.45, 2.75) is 19.9 Å². The highest BCUT2D eigenvalue weighted by Crippen LogP contribution is 2.24. The summed E-state index contributed by atoms with van der Waals surface area (Å²) in [7, 11) is 0. The molecule has 0 atom stereocenters. The molecular weight excluding hydrogens is 263 g/mol. The number of benzene rings is 1. The normalized spacial score (nSPS) is 11.0. The van der Waals surface area contributed by atoms with E-state index in [4.69, 9.17) is 0 Å². The lowest BCUT2D eigenvalue weighted by Crippen LogP contribution is -2.09. The van der Waals surface area contributed by atoms with E-state index in [-0.39, 0.29) is 17.4 Å². The molecule has 0 saturated heterocycles. The smallest absolute Gasteiger partial charge is 0.203 e. The topological polar surface area (TPSA) is 37.8 Å². The molecule has 18 heavy (non-hydrogen) atoms. The quantitative estimate of drug-likeness (QED) is 0.870. The number of nitrogens with zero attached hydrogens (tertiary/aromatic N) is 2. The van der Waals surface area contributed by atoms with Crippen molar-refractivity contribution in [3.63, 3.8) is 0 Å². The molecule has 1 N–H and O–H groups in total. The minimum atomic E-state index is -1.49. The van der Waals surface area contributed by atoms with Crippen molar-refractivity contribution in [2.75, 3.05) is 5.32 Å². The molecule has 2 aromatic rings. The predicted octanol–water partition coefficient (Wildman–Crippen LogP) is 3.44. The van der Waals surface area contributed by atoms with Crippen molar-refractivity contribution in [3.8, 4) is 11.4 Å². The van der Waals surface area contributed by atoms with Gasteiger partial charge in [0.15, 0.2) is 23.3 Å². The molecule has 96 valence electrons. The lowest BCUT2D eigenvalue weighted by Gasteiger charge is -2.03. The zero-order chi connectivity index (χ0) is 13.3. The Kier molecular flexibility index (Phi) is 3.51. The van der Waals surface area contributed by atoms with Crippen LogP contribution in [-0.4, -0.2) is 15.4 Å². The number of hydrogen-bond acceptors (Lipinski definition) is 4. The van der Waals surface area contributed by atoms with Gasteiger partial charge in [-0.25, -0.2) is 13.2 Å². The fourth-order valence-corrected chi connectivity index (χ4v) is 2.07. The maximum Gasteiger partial charge on any atom is 0.203 e. The fraction of sp³-hybridized carbons (Fsp3) is 0.273. The minimum absolute atomic E-state index is 0.111. The Balaban J connectivity index is 2.34. The lowest BCUT2D eigenvalue weighted by molar-refractivity contribution is 0.447. The third-order valence-electron chi connectivity index (χ3n) is 2.08. The summed E-state index contributed by atoms with van der Waals surface area (Å²) in [6.45, 7) is 3.86. The molecule has 0 aliphatic carbocycles. The van der Waals surface area contributed by atoms with Crippen molar-refractivity contribution >= 4 is 16.7 Å². The van der Waals surface area contributed by atoms with Gasteiger partial charge in [0.1, 0.15) is 0 Å². The monoisotopic (exact) mass is 273 g/mol. The predicted molar refractivity (Wildman–Crippen MR) is 64.0 cm³/mol. The number of anilines is 1. The van der Waals surface area contributed by atoms with Crippen LogP contribution in [0.3, 0.4) is 0 Å². The van der Waals surface area contributed by atoms with Crippen LogP contribution in [0.5, 0.6) is 0 Å². The van der Waals surface area contributed by atoms with E-state index in [1.165, 1.54) is 0 Å². The molecule has 3 nitrogen and oxygen atoms in total. The second-order valence-electron chi connectivity index (χ2n) is 3.98. The Hall–Kier alpha value is -1.63. The second kappa shape index (κ2) is 4.93. The van der Waals surface area contributed by atoms with Crippen LogP contribution in [0.4, 0.5) is 18.3 Å². The molecule has 1 aromatic carbocycles. The standard InChI is InChI=1S/C11H10F3N3S/c1-5(2)15-11-16-10(17-18-11)6-3-7(12)9(14)8(13)4-6/h3-5H,1-2H3,(H,15,16,17). The van der Waals surface area contributed by atoms with Gasteiger partial charge in [0.2, 0.25) is 5.13 Å². The van der Waals surface area contributed by atoms with Crippen LogP contribution in [0.1, 0.15) is 13.8 Å². The minimum Gasteiger partial charge on any atom is -0.358 e. The first-order valence-electron chi connectivity index (χ1n) is 5.22. The fourth-order valence-electron chi connectivity index (χ4n) is 1.33. The van der Waals surface area contributed by atoms with Crippen LogP contribution in [-0.2, 0) is 0 Å². The van der Waals surface area contributed by atoms with Gasteiger partial charge in [-0.05, 0) is 26.0 Å². The van der Waals surface area contributed by atoms with E-state index >= 15 is 0 Å². The molecular formula is C11H10F3N3S. The van der Waals surface area contributed by atoms with Gasteiger partial charge in [-0.15, -0.1) is 0 Å². The van der Waals surface area contributed by atoms with E-state index in [0.29, 0.717) is 5.13 Å². The molecule has 7 heteroatoms. The number of rotatable bonds is 3. The van der Waals surface area contributed by atoms with Crippen molar-refractivity contribution in [3.05, 3.63) is 29.6 Å². The third-order valence-corrected chi connectivity index (χ3v) is 2.73. The molecule has 0 saturated carbocycles. The largest absolute Gasteiger partial charge is 0.358 e. The molecule has 0 aliphatic rings. The number of nitrogens with one attached hydrogen (secondary N) is 1. The van der Waals surface area contributed by atoms with E-state index in [1.54, 1.807) is 0 Å².